The number of hydrogen-bond acceptors (Lipinski definition) is 7. The molecule has 0 aliphatic heterocycles. The number of hydrazone groups is 1. The Labute approximate surface area is 181 Å². The van der Waals surface area contributed by atoms with Crippen LogP contribution in [0.1, 0.15) is 11.1 Å². The number of thioether (sulfide) groups is 1. The highest BCUT2D eigenvalue weighted by Crippen LogP contribution is 2.20. The highest BCUT2D eigenvalue weighted by atomic mass is 35.5. The zero-order chi connectivity index (χ0) is 20.6. The van der Waals surface area contributed by atoms with Gasteiger partial charge in [-0.3, -0.25) is 4.79 Å². The predicted octanol–water partition coefficient (Wildman–Crippen LogP) is 3.15. The van der Waals surface area contributed by atoms with Crippen LogP contribution in [0.2, 0.25) is 10.0 Å². The summed E-state index contributed by atoms with van der Waals surface area (Å²) in [7, 11) is 0. The lowest BCUT2D eigenvalue weighted by molar-refractivity contribution is -0.118. The highest BCUT2D eigenvalue weighted by Gasteiger charge is 2.12. The van der Waals surface area contributed by atoms with E-state index in [0.717, 1.165) is 5.56 Å². The van der Waals surface area contributed by atoms with Gasteiger partial charge in [0.15, 0.2) is 0 Å². The Balaban J connectivity index is 1.49. The van der Waals surface area contributed by atoms with Gasteiger partial charge in [0, 0.05) is 17.1 Å². The van der Waals surface area contributed by atoms with Crippen LogP contribution in [0.5, 0.6) is 0 Å². The fraction of sp³-hybridized carbons (Fsp3) is 0.111. The molecule has 0 saturated heterocycles. The molecule has 0 atom stereocenters. The minimum absolute atomic E-state index is 0.133. The summed E-state index contributed by atoms with van der Waals surface area (Å²) in [4.78, 5) is 12.0. The van der Waals surface area contributed by atoms with Gasteiger partial charge in [-0.2, -0.15) is 5.10 Å². The lowest BCUT2D eigenvalue weighted by Crippen LogP contribution is -2.25. The molecule has 0 aliphatic rings. The maximum absolute atomic E-state index is 12.0. The number of amides is 1. The third-order valence-electron chi connectivity index (χ3n) is 3.66. The lowest BCUT2D eigenvalue weighted by atomic mass is 10.2. The summed E-state index contributed by atoms with van der Waals surface area (Å²) in [5, 5.41) is 16.1. The fourth-order valence-corrected chi connectivity index (χ4v) is 3.34. The summed E-state index contributed by atoms with van der Waals surface area (Å²) in [6.07, 6.45) is 1.51. The Bertz CT molecular complexity index is 1010. The minimum atomic E-state index is -0.133. The van der Waals surface area contributed by atoms with Crippen LogP contribution in [0.25, 0.3) is 0 Å². The lowest BCUT2D eigenvalue weighted by Gasteiger charge is -2.05. The molecule has 3 aromatic rings. The van der Waals surface area contributed by atoms with Gasteiger partial charge in [-0.15, -0.1) is 10.2 Å². The van der Waals surface area contributed by atoms with Crippen molar-refractivity contribution in [1.29, 1.82) is 0 Å². The molecule has 0 radical (unpaired) electrons. The van der Waals surface area contributed by atoms with E-state index in [-0.39, 0.29) is 17.6 Å². The van der Waals surface area contributed by atoms with Gasteiger partial charge in [0.25, 0.3) is 5.95 Å². The molecule has 150 valence electrons. The summed E-state index contributed by atoms with van der Waals surface area (Å²) >= 11 is 13.1. The Hall–Kier alpha value is -2.75. The number of aromatic nitrogens is 3. The van der Waals surface area contributed by atoms with Crippen molar-refractivity contribution in [1.82, 2.24) is 20.2 Å². The van der Waals surface area contributed by atoms with E-state index < -0.39 is 0 Å². The standard InChI is InChI=1S/C18H17Cl2N7OS/c19-14-7-6-13(15(20)8-14)10-23-24-17-25-26-18(27(17)21)29-11-16(28)22-9-12-4-2-1-3-5-12/h1-8,10H,9,11,21H2,(H,22,28)(H,24,25)/b23-10+. The normalized spacial score (nSPS) is 11.0. The van der Waals surface area contributed by atoms with Gasteiger partial charge >= 0.3 is 0 Å². The Kier molecular flexibility index (Phi) is 7.34. The average molecular weight is 450 g/mol. The molecule has 29 heavy (non-hydrogen) atoms. The van der Waals surface area contributed by atoms with Gasteiger partial charge in [0.05, 0.1) is 17.0 Å². The van der Waals surface area contributed by atoms with E-state index in [2.05, 4.69) is 26.0 Å². The van der Waals surface area contributed by atoms with Crippen LogP contribution >= 0.6 is 35.0 Å². The number of nitrogens with one attached hydrogen (secondary N) is 2. The fourth-order valence-electron chi connectivity index (χ4n) is 2.20. The number of carbonyl (C=O) groups is 1. The number of benzene rings is 2. The van der Waals surface area contributed by atoms with Gasteiger partial charge in [0.2, 0.25) is 11.1 Å². The first kappa shape index (κ1) is 21.0. The van der Waals surface area contributed by atoms with E-state index in [1.165, 1.54) is 22.7 Å². The molecule has 4 N–H and O–H groups in total. The zero-order valence-corrected chi connectivity index (χ0v) is 17.4. The van der Waals surface area contributed by atoms with Crippen LogP contribution in [0, 0.1) is 0 Å². The van der Waals surface area contributed by atoms with Crippen LogP contribution in [0.3, 0.4) is 0 Å². The summed E-state index contributed by atoms with van der Waals surface area (Å²) < 4.78 is 1.22. The Morgan fingerprint density at radius 3 is 2.76 bits per heavy atom. The molecule has 0 unspecified atom stereocenters. The first-order valence-electron chi connectivity index (χ1n) is 8.41. The second kappa shape index (κ2) is 10.1. The molecule has 0 spiro atoms. The van der Waals surface area contributed by atoms with Crippen molar-refractivity contribution in [3.63, 3.8) is 0 Å². The van der Waals surface area contributed by atoms with Crippen LogP contribution in [0.15, 0.2) is 58.8 Å². The van der Waals surface area contributed by atoms with Crippen LogP contribution in [0.4, 0.5) is 5.95 Å². The monoisotopic (exact) mass is 449 g/mol. The molecule has 1 aromatic heterocycles. The topological polar surface area (TPSA) is 110 Å². The van der Waals surface area contributed by atoms with Gasteiger partial charge in [-0.05, 0) is 17.7 Å². The number of nitrogens with zero attached hydrogens (tertiary/aromatic N) is 4. The number of halogens is 2. The quantitative estimate of drug-likeness (QED) is 0.211. The predicted molar refractivity (Wildman–Crippen MR) is 117 cm³/mol. The SMILES string of the molecule is Nn1c(N/N=C/c2ccc(Cl)cc2Cl)nnc1SCC(=O)NCc1ccccc1. The minimum Gasteiger partial charge on any atom is -0.351 e. The highest BCUT2D eigenvalue weighted by molar-refractivity contribution is 7.99. The van der Waals surface area contributed by atoms with Crippen molar-refractivity contribution in [2.45, 2.75) is 11.7 Å². The largest absolute Gasteiger partial charge is 0.351 e. The first-order chi connectivity index (χ1) is 14.0. The molecular weight excluding hydrogens is 433 g/mol. The second-order valence-corrected chi connectivity index (χ2v) is 7.55. The molecule has 8 nitrogen and oxygen atoms in total. The molecule has 1 heterocycles. The smallest absolute Gasteiger partial charge is 0.264 e. The molecule has 0 fully saturated rings. The summed E-state index contributed by atoms with van der Waals surface area (Å²) in [6, 6.07) is 14.7. The van der Waals surface area contributed by atoms with Gasteiger partial charge in [-0.25, -0.2) is 10.1 Å². The van der Waals surface area contributed by atoms with Gasteiger partial charge < -0.3 is 11.2 Å². The maximum atomic E-state index is 12.0. The summed E-state index contributed by atoms with van der Waals surface area (Å²) in [6.45, 7) is 0.463. The average Bonchev–Trinajstić information content (AvgIpc) is 3.07. The number of anilines is 1. The molecular formula is C18H17Cl2N7OS. The molecule has 2 aromatic carbocycles. The molecule has 1 amide bonds. The summed E-state index contributed by atoms with van der Waals surface area (Å²) in [5.74, 6) is 6.19. The molecule has 0 saturated carbocycles. The summed E-state index contributed by atoms with van der Waals surface area (Å²) in [5.41, 5.74) is 4.39. The van der Waals surface area contributed by atoms with Crippen LogP contribution in [-0.4, -0.2) is 32.7 Å². The first-order valence-corrected chi connectivity index (χ1v) is 10.1. The number of rotatable bonds is 8. The van der Waals surface area contributed by atoms with E-state index in [1.54, 1.807) is 18.2 Å². The van der Waals surface area contributed by atoms with Crippen molar-refractivity contribution in [3.05, 3.63) is 69.7 Å². The number of carbonyl (C=O) groups excluding carboxylic acids is 1. The van der Waals surface area contributed by atoms with Crippen LogP contribution < -0.4 is 16.6 Å². The molecule has 3 rings (SSSR count). The third-order valence-corrected chi connectivity index (χ3v) is 5.17. The molecule has 0 bridgehead atoms. The van der Waals surface area contributed by atoms with E-state index >= 15 is 0 Å². The van der Waals surface area contributed by atoms with Gasteiger partial charge in [0.1, 0.15) is 0 Å². The molecule has 0 aliphatic carbocycles. The second-order valence-electron chi connectivity index (χ2n) is 5.76. The Morgan fingerprint density at radius 2 is 2.00 bits per heavy atom. The van der Waals surface area contributed by atoms with Crippen molar-refractivity contribution in [3.8, 4) is 0 Å². The number of nitrogen functional groups attached to an aromatic ring is 1. The van der Waals surface area contributed by atoms with Crippen LogP contribution in [-0.2, 0) is 11.3 Å². The number of nitrogens with two attached hydrogens (primary N) is 1. The van der Waals surface area contributed by atoms with E-state index in [0.29, 0.717) is 27.3 Å². The van der Waals surface area contributed by atoms with Crippen molar-refractivity contribution < 1.29 is 4.79 Å². The third kappa shape index (κ3) is 6.11. The maximum Gasteiger partial charge on any atom is 0.264 e. The Morgan fingerprint density at radius 1 is 1.21 bits per heavy atom. The zero-order valence-electron chi connectivity index (χ0n) is 15.0. The van der Waals surface area contributed by atoms with E-state index in [4.69, 9.17) is 29.0 Å². The van der Waals surface area contributed by atoms with Crippen molar-refractivity contribution in [2.75, 3.05) is 17.0 Å². The van der Waals surface area contributed by atoms with Crippen molar-refractivity contribution in [2.24, 2.45) is 5.10 Å². The van der Waals surface area contributed by atoms with Gasteiger partial charge in [-0.1, -0.05) is 71.4 Å². The number of hydrogen-bond donors (Lipinski definition) is 3. The van der Waals surface area contributed by atoms with E-state index in [1.807, 2.05) is 30.3 Å². The van der Waals surface area contributed by atoms with Crippen molar-refractivity contribution >= 4 is 53.0 Å². The molecule has 11 heteroatoms. The van der Waals surface area contributed by atoms with E-state index in [9.17, 15) is 4.79 Å².